The highest BCUT2D eigenvalue weighted by atomic mass is 16.6. The largest absolute Gasteiger partial charge is 0.379 e. The fourth-order valence-electron chi connectivity index (χ4n) is 3.43. The highest BCUT2D eigenvalue weighted by molar-refractivity contribution is 4.65. The first-order valence-electron chi connectivity index (χ1n) is 10.7. The van der Waals surface area contributed by atoms with Crippen molar-refractivity contribution in [3.8, 4) is 0 Å². The molecule has 0 atom stereocenters. The van der Waals surface area contributed by atoms with Crippen molar-refractivity contribution in [1.29, 1.82) is 0 Å². The van der Waals surface area contributed by atoms with Gasteiger partial charge in [-0.3, -0.25) is 0 Å². The van der Waals surface area contributed by atoms with Crippen LogP contribution in [0.5, 0.6) is 0 Å². The SMILES string of the molecule is CCC(CC)CCOCCOCCOCCOCCC1CCCCC1. The first-order valence-corrected chi connectivity index (χ1v) is 10.7. The van der Waals surface area contributed by atoms with Gasteiger partial charge in [-0.15, -0.1) is 0 Å². The molecule has 0 unspecified atom stereocenters. The van der Waals surface area contributed by atoms with Crippen LogP contribution in [0.4, 0.5) is 0 Å². The van der Waals surface area contributed by atoms with E-state index in [0.29, 0.717) is 39.6 Å². The molecule has 1 rings (SSSR count). The predicted octanol–water partition coefficient (Wildman–Crippen LogP) is 4.85. The van der Waals surface area contributed by atoms with E-state index in [1.807, 2.05) is 0 Å². The van der Waals surface area contributed by atoms with E-state index in [-0.39, 0.29) is 0 Å². The Labute approximate surface area is 155 Å². The van der Waals surface area contributed by atoms with Crippen LogP contribution in [0, 0.1) is 11.8 Å². The minimum Gasteiger partial charge on any atom is -0.379 e. The lowest BCUT2D eigenvalue weighted by molar-refractivity contribution is -0.00457. The maximum Gasteiger partial charge on any atom is 0.0701 e. The van der Waals surface area contributed by atoms with E-state index in [0.717, 1.165) is 31.5 Å². The third-order valence-electron chi connectivity index (χ3n) is 5.34. The molecule has 1 saturated carbocycles. The van der Waals surface area contributed by atoms with Gasteiger partial charge in [0.25, 0.3) is 0 Å². The van der Waals surface area contributed by atoms with Gasteiger partial charge >= 0.3 is 0 Å². The van der Waals surface area contributed by atoms with Crippen LogP contribution in [0.1, 0.15) is 71.6 Å². The molecule has 0 aromatic heterocycles. The zero-order chi connectivity index (χ0) is 18.0. The molecule has 1 aliphatic carbocycles. The molecule has 0 amide bonds. The Hall–Kier alpha value is -0.160. The molecule has 0 aromatic rings. The summed E-state index contributed by atoms with van der Waals surface area (Å²) in [6, 6.07) is 0. The van der Waals surface area contributed by atoms with Crippen molar-refractivity contribution in [3.05, 3.63) is 0 Å². The van der Waals surface area contributed by atoms with Crippen molar-refractivity contribution in [3.63, 3.8) is 0 Å². The molecule has 4 nitrogen and oxygen atoms in total. The number of rotatable bonds is 17. The van der Waals surface area contributed by atoms with E-state index >= 15 is 0 Å². The lowest BCUT2D eigenvalue weighted by atomic mass is 9.87. The van der Waals surface area contributed by atoms with Gasteiger partial charge in [0, 0.05) is 13.2 Å². The topological polar surface area (TPSA) is 36.9 Å². The average molecular weight is 359 g/mol. The zero-order valence-electron chi connectivity index (χ0n) is 16.8. The molecule has 0 bridgehead atoms. The molecule has 0 spiro atoms. The zero-order valence-corrected chi connectivity index (χ0v) is 16.8. The fraction of sp³-hybridized carbons (Fsp3) is 1.00. The van der Waals surface area contributed by atoms with E-state index in [1.165, 1.54) is 51.4 Å². The van der Waals surface area contributed by atoms with Gasteiger partial charge in [0.1, 0.15) is 0 Å². The van der Waals surface area contributed by atoms with Gasteiger partial charge in [0.05, 0.1) is 39.6 Å². The lowest BCUT2D eigenvalue weighted by Crippen LogP contribution is -2.14. The van der Waals surface area contributed by atoms with Crippen LogP contribution in [0.2, 0.25) is 0 Å². The minimum atomic E-state index is 0.637. The summed E-state index contributed by atoms with van der Waals surface area (Å²) in [5, 5.41) is 0. The van der Waals surface area contributed by atoms with Crippen LogP contribution in [-0.2, 0) is 18.9 Å². The molecule has 4 heteroatoms. The molecule has 1 aliphatic rings. The van der Waals surface area contributed by atoms with Gasteiger partial charge in [-0.2, -0.15) is 0 Å². The summed E-state index contributed by atoms with van der Waals surface area (Å²) in [5.41, 5.74) is 0. The smallest absolute Gasteiger partial charge is 0.0701 e. The van der Waals surface area contributed by atoms with Gasteiger partial charge < -0.3 is 18.9 Å². The summed E-state index contributed by atoms with van der Waals surface area (Å²) in [4.78, 5) is 0. The number of hydrogen-bond donors (Lipinski definition) is 0. The molecule has 150 valence electrons. The van der Waals surface area contributed by atoms with Crippen LogP contribution in [0.3, 0.4) is 0 Å². The quantitative estimate of drug-likeness (QED) is 0.348. The second kappa shape index (κ2) is 17.3. The standard InChI is InChI=1S/C21H42O4/c1-3-20(4-2)10-12-22-14-16-24-18-19-25-17-15-23-13-11-21-8-6-5-7-9-21/h20-21H,3-19H2,1-2H3. The summed E-state index contributed by atoms with van der Waals surface area (Å²) in [6.07, 6.45) is 11.9. The van der Waals surface area contributed by atoms with Gasteiger partial charge in [-0.05, 0) is 24.7 Å². The van der Waals surface area contributed by atoms with Gasteiger partial charge in [-0.1, -0.05) is 58.8 Å². The Morgan fingerprint density at radius 2 is 1.12 bits per heavy atom. The van der Waals surface area contributed by atoms with Crippen LogP contribution in [0.25, 0.3) is 0 Å². The van der Waals surface area contributed by atoms with Crippen molar-refractivity contribution in [2.45, 2.75) is 71.6 Å². The van der Waals surface area contributed by atoms with Crippen molar-refractivity contribution >= 4 is 0 Å². The minimum absolute atomic E-state index is 0.637. The summed E-state index contributed by atoms with van der Waals surface area (Å²) in [6.45, 7) is 10.2. The Kier molecular flexibility index (Phi) is 15.8. The first-order chi connectivity index (χ1) is 12.4. The monoisotopic (exact) mass is 358 g/mol. The summed E-state index contributed by atoms with van der Waals surface area (Å²) in [5.74, 6) is 1.71. The Morgan fingerprint density at radius 3 is 1.64 bits per heavy atom. The van der Waals surface area contributed by atoms with E-state index in [2.05, 4.69) is 13.8 Å². The normalized spacial score (nSPS) is 16.0. The number of hydrogen-bond acceptors (Lipinski definition) is 4. The van der Waals surface area contributed by atoms with Crippen LogP contribution in [-0.4, -0.2) is 52.9 Å². The molecule has 0 heterocycles. The third-order valence-corrected chi connectivity index (χ3v) is 5.34. The number of ether oxygens (including phenoxy) is 4. The first kappa shape index (κ1) is 22.9. The Balaban J connectivity index is 1.70. The van der Waals surface area contributed by atoms with E-state index in [9.17, 15) is 0 Å². The maximum absolute atomic E-state index is 5.66. The Morgan fingerprint density at radius 1 is 0.640 bits per heavy atom. The molecular formula is C21H42O4. The molecule has 0 radical (unpaired) electrons. The second-order valence-corrected chi connectivity index (χ2v) is 7.21. The van der Waals surface area contributed by atoms with Crippen molar-refractivity contribution in [2.24, 2.45) is 11.8 Å². The molecule has 0 N–H and O–H groups in total. The summed E-state index contributed by atoms with van der Waals surface area (Å²) >= 11 is 0. The second-order valence-electron chi connectivity index (χ2n) is 7.21. The van der Waals surface area contributed by atoms with E-state index < -0.39 is 0 Å². The van der Waals surface area contributed by atoms with E-state index in [4.69, 9.17) is 18.9 Å². The molecule has 1 fully saturated rings. The molecule has 0 aliphatic heterocycles. The van der Waals surface area contributed by atoms with Crippen molar-refractivity contribution < 1.29 is 18.9 Å². The fourth-order valence-corrected chi connectivity index (χ4v) is 3.43. The molecule has 0 saturated heterocycles. The molecule has 25 heavy (non-hydrogen) atoms. The third kappa shape index (κ3) is 13.7. The summed E-state index contributed by atoms with van der Waals surface area (Å²) < 4.78 is 22.3. The predicted molar refractivity (Wildman–Crippen MR) is 103 cm³/mol. The van der Waals surface area contributed by atoms with Crippen LogP contribution in [0.15, 0.2) is 0 Å². The van der Waals surface area contributed by atoms with Crippen molar-refractivity contribution in [2.75, 3.05) is 52.9 Å². The van der Waals surface area contributed by atoms with Gasteiger partial charge in [0.2, 0.25) is 0 Å². The molecule has 0 aromatic carbocycles. The Bertz CT molecular complexity index is 263. The molecular weight excluding hydrogens is 316 g/mol. The van der Waals surface area contributed by atoms with E-state index in [1.54, 1.807) is 0 Å². The average Bonchev–Trinajstić information content (AvgIpc) is 2.66. The van der Waals surface area contributed by atoms with Gasteiger partial charge in [-0.25, -0.2) is 0 Å². The van der Waals surface area contributed by atoms with Crippen LogP contribution < -0.4 is 0 Å². The highest BCUT2D eigenvalue weighted by Gasteiger charge is 2.12. The maximum atomic E-state index is 5.66. The lowest BCUT2D eigenvalue weighted by Gasteiger charge is -2.21. The summed E-state index contributed by atoms with van der Waals surface area (Å²) in [7, 11) is 0. The van der Waals surface area contributed by atoms with Crippen molar-refractivity contribution in [1.82, 2.24) is 0 Å². The highest BCUT2D eigenvalue weighted by Crippen LogP contribution is 2.25. The van der Waals surface area contributed by atoms with Crippen LogP contribution >= 0.6 is 0 Å². The van der Waals surface area contributed by atoms with Gasteiger partial charge in [0.15, 0.2) is 0 Å².